The zero-order valence-corrected chi connectivity index (χ0v) is 15.5. The van der Waals surface area contributed by atoms with Gasteiger partial charge in [0.1, 0.15) is 0 Å². The van der Waals surface area contributed by atoms with Crippen molar-refractivity contribution in [2.45, 2.75) is 11.8 Å². The van der Waals surface area contributed by atoms with Gasteiger partial charge in [-0.1, -0.05) is 13.0 Å². The number of ether oxygens (including phenoxy) is 1. The highest BCUT2D eigenvalue weighted by atomic mass is 32.2. The Morgan fingerprint density at radius 3 is 2.46 bits per heavy atom. The fourth-order valence-corrected chi connectivity index (χ4v) is 3.67. The maximum absolute atomic E-state index is 12.4. The Labute approximate surface area is 153 Å². The van der Waals surface area contributed by atoms with Crippen molar-refractivity contribution in [3.05, 3.63) is 54.1 Å². The summed E-state index contributed by atoms with van der Waals surface area (Å²) in [6, 6.07) is 13.7. The van der Waals surface area contributed by atoms with Crippen LogP contribution in [0.2, 0.25) is 0 Å². The topological polar surface area (TPSA) is 75.7 Å². The molecule has 2 aromatic carbocycles. The summed E-state index contributed by atoms with van der Waals surface area (Å²) in [5.41, 5.74) is 2.15. The van der Waals surface area contributed by atoms with Crippen LogP contribution in [0.15, 0.2) is 53.4 Å². The van der Waals surface area contributed by atoms with Crippen LogP contribution in [0.4, 0.5) is 11.4 Å². The normalized spacial score (nSPS) is 14.9. The molecule has 0 unspecified atom stereocenters. The summed E-state index contributed by atoms with van der Waals surface area (Å²) in [6.45, 7) is 4.64. The highest BCUT2D eigenvalue weighted by molar-refractivity contribution is 7.91. The second-order valence-electron chi connectivity index (χ2n) is 6.03. The molecule has 2 aromatic rings. The zero-order chi connectivity index (χ0) is 18.6. The Morgan fingerprint density at radius 2 is 1.81 bits per heavy atom. The number of sulfone groups is 1. The second kappa shape index (κ2) is 7.88. The SMILES string of the molecule is CCS(=O)(=O)c1ccc(C(=O)Nc2cccc(N3CCOCC3)c2)cc1. The molecule has 1 fully saturated rings. The molecule has 1 saturated heterocycles. The molecular formula is C19H22N2O4S. The van der Waals surface area contributed by atoms with Crippen LogP contribution in [0.5, 0.6) is 0 Å². The largest absolute Gasteiger partial charge is 0.378 e. The first-order valence-electron chi connectivity index (χ1n) is 8.56. The van der Waals surface area contributed by atoms with Crippen LogP contribution in [0.25, 0.3) is 0 Å². The quantitative estimate of drug-likeness (QED) is 0.871. The first-order chi connectivity index (χ1) is 12.5. The molecule has 26 heavy (non-hydrogen) atoms. The van der Waals surface area contributed by atoms with Crippen molar-refractivity contribution in [2.24, 2.45) is 0 Å². The molecule has 0 saturated carbocycles. The number of amides is 1. The lowest BCUT2D eigenvalue weighted by atomic mass is 10.2. The van der Waals surface area contributed by atoms with E-state index in [2.05, 4.69) is 10.2 Å². The molecule has 7 heteroatoms. The van der Waals surface area contributed by atoms with E-state index in [1.54, 1.807) is 6.92 Å². The molecule has 0 spiro atoms. The summed E-state index contributed by atoms with van der Waals surface area (Å²) in [5, 5.41) is 2.86. The Bertz CT molecular complexity index is 873. The number of anilines is 2. The lowest BCUT2D eigenvalue weighted by Crippen LogP contribution is -2.36. The monoisotopic (exact) mass is 374 g/mol. The van der Waals surface area contributed by atoms with Crippen molar-refractivity contribution >= 4 is 27.1 Å². The van der Waals surface area contributed by atoms with Crippen molar-refractivity contribution in [2.75, 3.05) is 42.3 Å². The second-order valence-corrected chi connectivity index (χ2v) is 8.31. The average Bonchev–Trinajstić information content (AvgIpc) is 2.69. The summed E-state index contributed by atoms with van der Waals surface area (Å²) in [6.07, 6.45) is 0. The van der Waals surface area contributed by atoms with Gasteiger partial charge < -0.3 is 15.0 Å². The lowest BCUT2D eigenvalue weighted by molar-refractivity contribution is 0.102. The van der Waals surface area contributed by atoms with Gasteiger partial charge in [-0.05, 0) is 42.5 Å². The van der Waals surface area contributed by atoms with E-state index in [0.717, 1.165) is 18.8 Å². The number of morpholine rings is 1. The molecule has 3 rings (SSSR count). The first kappa shape index (κ1) is 18.4. The standard InChI is InChI=1S/C19H22N2O4S/c1-2-26(23,24)18-8-6-15(7-9-18)19(22)20-16-4-3-5-17(14-16)21-10-12-25-13-11-21/h3-9,14H,2,10-13H2,1H3,(H,20,22). The van der Waals surface area contributed by atoms with E-state index < -0.39 is 9.84 Å². The predicted molar refractivity (Wildman–Crippen MR) is 102 cm³/mol. The summed E-state index contributed by atoms with van der Waals surface area (Å²) in [5.74, 6) is -0.239. The Kier molecular flexibility index (Phi) is 5.58. The summed E-state index contributed by atoms with van der Waals surface area (Å²) < 4.78 is 29.1. The third-order valence-corrected chi connectivity index (χ3v) is 6.09. The van der Waals surface area contributed by atoms with Crippen LogP contribution in [-0.4, -0.2) is 46.4 Å². The van der Waals surface area contributed by atoms with Crippen LogP contribution in [-0.2, 0) is 14.6 Å². The van der Waals surface area contributed by atoms with Gasteiger partial charge in [0.25, 0.3) is 5.91 Å². The van der Waals surface area contributed by atoms with Crippen molar-refractivity contribution in [3.63, 3.8) is 0 Å². The summed E-state index contributed by atoms with van der Waals surface area (Å²) >= 11 is 0. The molecule has 1 amide bonds. The molecule has 1 heterocycles. The molecule has 0 aliphatic carbocycles. The maximum atomic E-state index is 12.4. The summed E-state index contributed by atoms with van der Waals surface area (Å²) in [7, 11) is -3.27. The van der Waals surface area contributed by atoms with Crippen LogP contribution in [0.1, 0.15) is 17.3 Å². The van der Waals surface area contributed by atoms with Gasteiger partial charge in [-0.2, -0.15) is 0 Å². The van der Waals surface area contributed by atoms with Crippen molar-refractivity contribution in [1.29, 1.82) is 0 Å². The molecule has 0 atom stereocenters. The molecule has 0 radical (unpaired) electrons. The van der Waals surface area contributed by atoms with Gasteiger partial charge in [0.2, 0.25) is 0 Å². The van der Waals surface area contributed by atoms with Crippen LogP contribution >= 0.6 is 0 Å². The minimum atomic E-state index is -3.27. The number of nitrogens with zero attached hydrogens (tertiary/aromatic N) is 1. The highest BCUT2D eigenvalue weighted by Crippen LogP contribution is 2.21. The first-order valence-corrected chi connectivity index (χ1v) is 10.2. The Balaban J connectivity index is 1.71. The van der Waals surface area contributed by atoms with E-state index in [0.29, 0.717) is 24.5 Å². The molecule has 0 aromatic heterocycles. The number of rotatable bonds is 5. The third kappa shape index (κ3) is 4.23. The van der Waals surface area contributed by atoms with Crippen molar-refractivity contribution < 1.29 is 17.9 Å². The average molecular weight is 374 g/mol. The van der Waals surface area contributed by atoms with Crippen LogP contribution < -0.4 is 10.2 Å². The molecule has 1 N–H and O–H groups in total. The van der Waals surface area contributed by atoms with E-state index in [1.807, 2.05) is 24.3 Å². The number of carbonyl (C=O) groups is 1. The molecule has 138 valence electrons. The van der Waals surface area contributed by atoms with Gasteiger partial charge in [0.05, 0.1) is 23.9 Å². The smallest absolute Gasteiger partial charge is 0.255 e. The number of nitrogens with one attached hydrogen (secondary N) is 1. The third-order valence-electron chi connectivity index (χ3n) is 4.34. The van der Waals surface area contributed by atoms with Gasteiger partial charge in [0.15, 0.2) is 9.84 Å². The van der Waals surface area contributed by atoms with E-state index in [1.165, 1.54) is 24.3 Å². The predicted octanol–water partition coefficient (Wildman–Crippen LogP) is 2.57. The number of carbonyl (C=O) groups excluding carboxylic acids is 1. The van der Waals surface area contributed by atoms with E-state index in [-0.39, 0.29) is 16.6 Å². The minimum Gasteiger partial charge on any atom is -0.378 e. The van der Waals surface area contributed by atoms with Gasteiger partial charge in [0, 0.05) is 30.0 Å². The van der Waals surface area contributed by atoms with Crippen molar-refractivity contribution in [3.8, 4) is 0 Å². The summed E-state index contributed by atoms with van der Waals surface area (Å²) in [4.78, 5) is 14.9. The molecule has 6 nitrogen and oxygen atoms in total. The van der Waals surface area contributed by atoms with E-state index >= 15 is 0 Å². The maximum Gasteiger partial charge on any atom is 0.255 e. The number of hydrogen-bond donors (Lipinski definition) is 1. The highest BCUT2D eigenvalue weighted by Gasteiger charge is 2.14. The molecule has 0 bridgehead atoms. The molecular weight excluding hydrogens is 352 g/mol. The number of hydrogen-bond acceptors (Lipinski definition) is 5. The van der Waals surface area contributed by atoms with Crippen LogP contribution in [0.3, 0.4) is 0 Å². The van der Waals surface area contributed by atoms with Gasteiger partial charge in [-0.25, -0.2) is 8.42 Å². The lowest BCUT2D eigenvalue weighted by Gasteiger charge is -2.29. The zero-order valence-electron chi connectivity index (χ0n) is 14.6. The van der Waals surface area contributed by atoms with E-state index in [4.69, 9.17) is 4.74 Å². The van der Waals surface area contributed by atoms with Crippen LogP contribution in [0, 0.1) is 0 Å². The Hall–Kier alpha value is -2.38. The fourth-order valence-electron chi connectivity index (χ4n) is 2.79. The van der Waals surface area contributed by atoms with Crippen molar-refractivity contribution in [1.82, 2.24) is 0 Å². The molecule has 1 aliphatic heterocycles. The van der Waals surface area contributed by atoms with E-state index in [9.17, 15) is 13.2 Å². The van der Waals surface area contributed by atoms with Gasteiger partial charge >= 0.3 is 0 Å². The molecule has 1 aliphatic rings. The van der Waals surface area contributed by atoms with Gasteiger partial charge in [-0.3, -0.25) is 4.79 Å². The minimum absolute atomic E-state index is 0.0346. The van der Waals surface area contributed by atoms with Gasteiger partial charge in [-0.15, -0.1) is 0 Å². The fraction of sp³-hybridized carbons (Fsp3) is 0.316. The number of benzene rings is 2. The Morgan fingerprint density at radius 1 is 1.12 bits per heavy atom.